The Hall–Kier alpha value is -3.41. The second-order valence-corrected chi connectivity index (χ2v) is 6.80. The van der Waals surface area contributed by atoms with E-state index in [1.807, 2.05) is 66.9 Å². The van der Waals surface area contributed by atoms with Crippen molar-refractivity contribution in [2.45, 2.75) is 19.4 Å². The van der Waals surface area contributed by atoms with Gasteiger partial charge in [-0.25, -0.2) is 4.68 Å². The number of nitrogens with zero attached hydrogens (tertiary/aromatic N) is 2. The second-order valence-electron chi connectivity index (χ2n) is 6.80. The van der Waals surface area contributed by atoms with Gasteiger partial charge in [-0.2, -0.15) is 5.10 Å². The fourth-order valence-electron chi connectivity index (χ4n) is 3.27. The Bertz CT molecular complexity index is 957. The van der Waals surface area contributed by atoms with Crippen molar-refractivity contribution >= 4 is 11.9 Å². The van der Waals surface area contributed by atoms with Crippen LogP contribution in [0, 0.1) is 5.92 Å². The average Bonchev–Trinajstić information content (AvgIpc) is 3.18. The predicted molar refractivity (Wildman–Crippen MR) is 105 cm³/mol. The minimum atomic E-state index is -0.290. The van der Waals surface area contributed by atoms with Crippen LogP contribution in [0.5, 0.6) is 0 Å². The molecule has 1 unspecified atom stereocenters. The summed E-state index contributed by atoms with van der Waals surface area (Å²) in [5.41, 5.74) is 3.53. The lowest BCUT2D eigenvalue weighted by molar-refractivity contribution is -0.151. The minimum Gasteiger partial charge on any atom is -0.460 e. The number of esters is 1. The number of carbonyl (C=O) groups is 2. The Kier molecular flexibility index (Phi) is 5.19. The van der Waals surface area contributed by atoms with Crippen LogP contribution in [0.2, 0.25) is 0 Å². The molecule has 0 saturated carbocycles. The van der Waals surface area contributed by atoms with Crippen molar-refractivity contribution in [1.82, 2.24) is 15.1 Å². The van der Waals surface area contributed by atoms with Crippen molar-refractivity contribution in [2.24, 2.45) is 5.92 Å². The molecule has 0 bridgehead atoms. The molecule has 2 aromatic carbocycles. The van der Waals surface area contributed by atoms with Gasteiger partial charge in [0.1, 0.15) is 6.61 Å². The van der Waals surface area contributed by atoms with E-state index in [0.29, 0.717) is 19.4 Å². The van der Waals surface area contributed by atoms with Crippen molar-refractivity contribution in [3.63, 3.8) is 0 Å². The molecule has 142 valence electrons. The zero-order valence-corrected chi connectivity index (χ0v) is 15.4. The number of hydrogen-bond donors (Lipinski definition) is 1. The molecule has 1 amide bonds. The first-order valence-electron chi connectivity index (χ1n) is 9.33. The molecule has 1 saturated heterocycles. The van der Waals surface area contributed by atoms with Gasteiger partial charge in [-0.05, 0) is 18.6 Å². The molecule has 0 aliphatic carbocycles. The first-order valence-corrected chi connectivity index (χ1v) is 9.33. The number of ether oxygens (including phenoxy) is 1. The molecule has 1 aromatic heterocycles. The Morgan fingerprint density at radius 3 is 2.50 bits per heavy atom. The van der Waals surface area contributed by atoms with E-state index in [0.717, 1.165) is 22.5 Å². The standard InChI is InChI=1S/C22H21N3O3/c26-20-12-11-17(13-23-20)22(27)28-15-18-14-25(19-9-5-2-6-10-19)24-21(18)16-7-3-1-4-8-16/h1-10,14,17H,11-13,15H2,(H,23,26). The third kappa shape index (κ3) is 3.96. The summed E-state index contributed by atoms with van der Waals surface area (Å²) in [5, 5.41) is 7.44. The van der Waals surface area contributed by atoms with Gasteiger partial charge in [-0.1, -0.05) is 48.5 Å². The van der Waals surface area contributed by atoms with Gasteiger partial charge in [-0.3, -0.25) is 9.59 Å². The van der Waals surface area contributed by atoms with Gasteiger partial charge < -0.3 is 10.1 Å². The molecule has 6 heteroatoms. The molecular weight excluding hydrogens is 354 g/mol. The van der Waals surface area contributed by atoms with Gasteiger partial charge in [0, 0.05) is 30.3 Å². The lowest BCUT2D eigenvalue weighted by Gasteiger charge is -2.20. The van der Waals surface area contributed by atoms with Crippen LogP contribution in [0.4, 0.5) is 0 Å². The van der Waals surface area contributed by atoms with Crippen LogP contribution in [0.15, 0.2) is 66.9 Å². The van der Waals surface area contributed by atoms with E-state index in [4.69, 9.17) is 9.84 Å². The number of aromatic nitrogens is 2. The average molecular weight is 375 g/mol. The summed E-state index contributed by atoms with van der Waals surface area (Å²) in [6.07, 6.45) is 2.79. The monoisotopic (exact) mass is 375 g/mol. The summed E-state index contributed by atoms with van der Waals surface area (Å²) in [4.78, 5) is 23.7. The Balaban J connectivity index is 1.56. The SMILES string of the molecule is O=C1CCC(C(=O)OCc2cn(-c3ccccc3)nc2-c2ccccc2)CN1. The molecule has 2 heterocycles. The summed E-state index contributed by atoms with van der Waals surface area (Å²) in [6.45, 7) is 0.479. The number of hydrogen-bond acceptors (Lipinski definition) is 4. The van der Waals surface area contributed by atoms with E-state index in [1.165, 1.54) is 0 Å². The second kappa shape index (κ2) is 8.08. The maximum atomic E-state index is 12.4. The van der Waals surface area contributed by atoms with Crippen LogP contribution in [0.25, 0.3) is 16.9 Å². The molecule has 3 aromatic rings. The smallest absolute Gasteiger partial charge is 0.311 e. The highest BCUT2D eigenvalue weighted by atomic mass is 16.5. The van der Waals surface area contributed by atoms with Gasteiger partial charge in [0.15, 0.2) is 0 Å². The molecule has 0 radical (unpaired) electrons. The molecule has 1 atom stereocenters. The maximum absolute atomic E-state index is 12.4. The summed E-state index contributed by atoms with van der Waals surface area (Å²) in [6, 6.07) is 19.6. The van der Waals surface area contributed by atoms with E-state index >= 15 is 0 Å². The number of rotatable bonds is 5. The Labute approximate surface area is 163 Å². The first kappa shape index (κ1) is 18.0. The number of nitrogens with one attached hydrogen (secondary N) is 1. The van der Waals surface area contributed by atoms with Crippen molar-refractivity contribution < 1.29 is 14.3 Å². The number of benzene rings is 2. The van der Waals surface area contributed by atoms with Crippen LogP contribution in [0.1, 0.15) is 18.4 Å². The lowest BCUT2D eigenvalue weighted by atomic mass is 9.99. The van der Waals surface area contributed by atoms with Crippen LogP contribution in [0.3, 0.4) is 0 Å². The van der Waals surface area contributed by atoms with E-state index in [9.17, 15) is 9.59 Å². The molecular formula is C22H21N3O3. The summed E-state index contributed by atoms with van der Waals surface area (Å²) >= 11 is 0. The zero-order valence-electron chi connectivity index (χ0n) is 15.4. The van der Waals surface area contributed by atoms with Crippen LogP contribution < -0.4 is 5.32 Å². The van der Waals surface area contributed by atoms with Crippen LogP contribution in [-0.4, -0.2) is 28.2 Å². The molecule has 4 rings (SSSR count). The van der Waals surface area contributed by atoms with E-state index in [1.54, 1.807) is 4.68 Å². The molecule has 1 aliphatic rings. The summed E-state index contributed by atoms with van der Waals surface area (Å²) in [7, 11) is 0. The van der Waals surface area contributed by atoms with Crippen molar-refractivity contribution in [2.75, 3.05) is 6.54 Å². The van der Waals surface area contributed by atoms with Gasteiger partial charge in [0.25, 0.3) is 0 Å². The highest BCUT2D eigenvalue weighted by Gasteiger charge is 2.26. The molecule has 0 spiro atoms. The molecule has 6 nitrogen and oxygen atoms in total. The van der Waals surface area contributed by atoms with Crippen molar-refractivity contribution in [1.29, 1.82) is 0 Å². The molecule has 1 N–H and O–H groups in total. The van der Waals surface area contributed by atoms with E-state index in [-0.39, 0.29) is 24.4 Å². The molecule has 1 aliphatic heterocycles. The number of carbonyl (C=O) groups excluding carboxylic acids is 2. The number of piperidine rings is 1. The van der Waals surface area contributed by atoms with E-state index < -0.39 is 0 Å². The topological polar surface area (TPSA) is 73.2 Å². The van der Waals surface area contributed by atoms with Gasteiger partial charge >= 0.3 is 5.97 Å². The predicted octanol–water partition coefficient (Wildman–Crippen LogP) is 3.11. The zero-order chi connectivity index (χ0) is 19.3. The third-order valence-electron chi connectivity index (χ3n) is 4.83. The number of amides is 1. The molecule has 28 heavy (non-hydrogen) atoms. The maximum Gasteiger partial charge on any atom is 0.311 e. The van der Waals surface area contributed by atoms with Gasteiger partial charge in [-0.15, -0.1) is 0 Å². The fraction of sp³-hybridized carbons (Fsp3) is 0.227. The van der Waals surface area contributed by atoms with Crippen molar-refractivity contribution in [3.8, 4) is 16.9 Å². The molecule has 1 fully saturated rings. The highest BCUT2D eigenvalue weighted by Crippen LogP contribution is 2.25. The number of para-hydroxylation sites is 1. The third-order valence-corrected chi connectivity index (χ3v) is 4.83. The fourth-order valence-corrected chi connectivity index (χ4v) is 3.27. The van der Waals surface area contributed by atoms with Crippen molar-refractivity contribution in [3.05, 3.63) is 72.4 Å². The van der Waals surface area contributed by atoms with Gasteiger partial charge in [0.05, 0.1) is 17.3 Å². The Morgan fingerprint density at radius 1 is 1.11 bits per heavy atom. The largest absolute Gasteiger partial charge is 0.460 e. The van der Waals surface area contributed by atoms with Crippen LogP contribution in [-0.2, 0) is 20.9 Å². The normalized spacial score (nSPS) is 16.4. The first-order chi connectivity index (χ1) is 13.7. The quantitative estimate of drug-likeness (QED) is 0.696. The summed E-state index contributed by atoms with van der Waals surface area (Å²) in [5.74, 6) is -0.590. The Morgan fingerprint density at radius 2 is 1.82 bits per heavy atom. The van der Waals surface area contributed by atoms with Crippen LogP contribution >= 0.6 is 0 Å². The van der Waals surface area contributed by atoms with E-state index in [2.05, 4.69) is 5.32 Å². The lowest BCUT2D eigenvalue weighted by Crippen LogP contribution is -2.39. The summed E-state index contributed by atoms with van der Waals surface area (Å²) < 4.78 is 7.37. The van der Waals surface area contributed by atoms with Gasteiger partial charge in [0.2, 0.25) is 5.91 Å². The highest BCUT2D eigenvalue weighted by molar-refractivity contribution is 5.81. The minimum absolute atomic E-state index is 0.0143.